The number of carbonyl (C=O) groups excluding carboxylic acids is 2. The maximum Gasteiger partial charge on any atom is 0.226 e. The Morgan fingerprint density at radius 1 is 1.16 bits per heavy atom. The van der Waals surface area contributed by atoms with Gasteiger partial charge in [-0.2, -0.15) is 0 Å². The van der Waals surface area contributed by atoms with E-state index in [1.165, 1.54) is 12.1 Å². The Balaban J connectivity index is 1.48. The van der Waals surface area contributed by atoms with E-state index >= 15 is 0 Å². The van der Waals surface area contributed by atoms with Crippen LogP contribution in [0.1, 0.15) is 26.7 Å². The van der Waals surface area contributed by atoms with Crippen molar-refractivity contribution < 1.29 is 14.0 Å². The summed E-state index contributed by atoms with van der Waals surface area (Å²) >= 11 is 0. The molecular weight excluding hydrogens is 321 g/mol. The molecule has 1 aromatic rings. The lowest BCUT2D eigenvalue weighted by atomic mass is 10.2. The normalized spacial score (nSPS) is 24.0. The van der Waals surface area contributed by atoms with Crippen LogP contribution in [0.5, 0.6) is 0 Å². The molecule has 1 saturated carbocycles. The molecular formula is C19H26FN3O2. The van der Waals surface area contributed by atoms with E-state index in [4.69, 9.17) is 0 Å². The molecule has 1 N–H and O–H groups in total. The van der Waals surface area contributed by atoms with Crippen molar-refractivity contribution in [1.82, 2.24) is 10.2 Å². The summed E-state index contributed by atoms with van der Waals surface area (Å²) < 4.78 is 13.0. The van der Waals surface area contributed by atoms with Gasteiger partial charge in [-0.3, -0.25) is 9.59 Å². The molecule has 2 aliphatic rings. The van der Waals surface area contributed by atoms with Crippen molar-refractivity contribution in [2.24, 2.45) is 11.8 Å². The number of hydrogen-bond donors (Lipinski definition) is 1. The number of anilines is 1. The van der Waals surface area contributed by atoms with Crippen molar-refractivity contribution in [1.29, 1.82) is 0 Å². The minimum atomic E-state index is -0.243. The maximum atomic E-state index is 13.0. The molecule has 0 radical (unpaired) electrons. The highest BCUT2D eigenvalue weighted by molar-refractivity contribution is 5.92. The highest BCUT2D eigenvalue weighted by Crippen LogP contribution is 2.40. The monoisotopic (exact) mass is 347 g/mol. The number of benzene rings is 1. The van der Waals surface area contributed by atoms with Crippen LogP contribution in [0.2, 0.25) is 0 Å². The fourth-order valence-electron chi connectivity index (χ4n) is 3.28. The second-order valence-corrected chi connectivity index (χ2v) is 7.06. The lowest BCUT2D eigenvalue weighted by Gasteiger charge is -2.36. The van der Waals surface area contributed by atoms with Crippen LogP contribution in [0.3, 0.4) is 0 Å². The van der Waals surface area contributed by atoms with Crippen molar-refractivity contribution in [2.45, 2.75) is 32.7 Å². The molecule has 0 spiro atoms. The average Bonchev–Trinajstić information content (AvgIpc) is 3.42. The van der Waals surface area contributed by atoms with Gasteiger partial charge in [0.15, 0.2) is 0 Å². The Morgan fingerprint density at radius 2 is 1.80 bits per heavy atom. The SMILES string of the molecule is CCC(C)NC(=O)C1CC1C(=O)N1CCN(c2ccc(F)cc2)CC1. The Hall–Kier alpha value is -2.11. The molecule has 6 heteroatoms. The topological polar surface area (TPSA) is 52.7 Å². The van der Waals surface area contributed by atoms with Gasteiger partial charge in [-0.15, -0.1) is 0 Å². The number of nitrogens with one attached hydrogen (secondary N) is 1. The molecule has 1 aliphatic heterocycles. The van der Waals surface area contributed by atoms with Gasteiger partial charge in [-0.05, 0) is 44.0 Å². The Kier molecular flexibility index (Phi) is 5.25. The molecule has 3 unspecified atom stereocenters. The standard InChI is InChI=1S/C19H26FN3O2/c1-3-13(2)21-18(24)16-12-17(16)19(25)23-10-8-22(9-11-23)15-6-4-14(20)5-7-15/h4-7,13,16-17H,3,8-12H2,1-2H3,(H,21,24). The summed E-state index contributed by atoms with van der Waals surface area (Å²) in [5.41, 5.74) is 0.978. The zero-order valence-corrected chi connectivity index (χ0v) is 14.9. The Labute approximate surface area is 148 Å². The molecule has 136 valence electrons. The number of hydrogen-bond acceptors (Lipinski definition) is 3. The zero-order chi connectivity index (χ0) is 18.0. The fourth-order valence-corrected chi connectivity index (χ4v) is 3.28. The quantitative estimate of drug-likeness (QED) is 0.887. The van der Waals surface area contributed by atoms with Crippen LogP contribution in [0.4, 0.5) is 10.1 Å². The molecule has 1 heterocycles. The molecule has 1 saturated heterocycles. The molecule has 0 aromatic heterocycles. The third-order valence-corrected chi connectivity index (χ3v) is 5.23. The number of amides is 2. The number of carbonyl (C=O) groups is 2. The van der Waals surface area contributed by atoms with E-state index in [0.717, 1.165) is 25.2 Å². The van der Waals surface area contributed by atoms with E-state index in [1.54, 1.807) is 12.1 Å². The van der Waals surface area contributed by atoms with Crippen LogP contribution in [0.15, 0.2) is 24.3 Å². The van der Waals surface area contributed by atoms with Gasteiger partial charge in [0.25, 0.3) is 0 Å². The Bertz CT molecular complexity index is 626. The lowest BCUT2D eigenvalue weighted by molar-refractivity contribution is -0.135. The number of rotatable bonds is 5. The third kappa shape index (κ3) is 4.11. The minimum absolute atomic E-state index is 0.0117. The van der Waals surface area contributed by atoms with Crippen molar-refractivity contribution >= 4 is 17.5 Å². The molecule has 3 atom stereocenters. The first-order chi connectivity index (χ1) is 12.0. The van der Waals surface area contributed by atoms with Gasteiger partial charge >= 0.3 is 0 Å². The van der Waals surface area contributed by atoms with E-state index in [9.17, 15) is 14.0 Å². The average molecular weight is 347 g/mol. The van der Waals surface area contributed by atoms with Crippen molar-refractivity contribution in [2.75, 3.05) is 31.1 Å². The summed E-state index contributed by atoms with van der Waals surface area (Å²) in [5.74, 6) is -0.438. The first-order valence-corrected chi connectivity index (χ1v) is 9.09. The summed E-state index contributed by atoms with van der Waals surface area (Å²) in [4.78, 5) is 28.7. The molecule has 2 amide bonds. The van der Waals surface area contributed by atoms with Crippen molar-refractivity contribution in [3.05, 3.63) is 30.1 Å². The molecule has 3 rings (SSSR count). The van der Waals surface area contributed by atoms with Crippen LogP contribution < -0.4 is 10.2 Å². The Morgan fingerprint density at radius 3 is 2.40 bits per heavy atom. The summed E-state index contributed by atoms with van der Waals surface area (Å²) in [7, 11) is 0. The summed E-state index contributed by atoms with van der Waals surface area (Å²) in [5, 5.41) is 2.96. The second kappa shape index (κ2) is 7.42. The van der Waals surface area contributed by atoms with Crippen LogP contribution in [-0.2, 0) is 9.59 Å². The van der Waals surface area contributed by atoms with Gasteiger partial charge < -0.3 is 15.1 Å². The van der Waals surface area contributed by atoms with E-state index in [0.29, 0.717) is 19.5 Å². The number of piperazine rings is 1. The fraction of sp³-hybridized carbons (Fsp3) is 0.579. The van der Waals surface area contributed by atoms with E-state index in [2.05, 4.69) is 10.2 Å². The highest BCUT2D eigenvalue weighted by Gasteiger charge is 2.49. The molecule has 2 fully saturated rings. The van der Waals surface area contributed by atoms with Gasteiger partial charge in [0.05, 0.1) is 11.8 Å². The summed E-state index contributed by atoms with van der Waals surface area (Å²) in [6.07, 6.45) is 1.56. The van der Waals surface area contributed by atoms with Crippen LogP contribution in [0, 0.1) is 17.7 Å². The van der Waals surface area contributed by atoms with Gasteiger partial charge in [0.2, 0.25) is 11.8 Å². The number of nitrogens with zero attached hydrogens (tertiary/aromatic N) is 2. The van der Waals surface area contributed by atoms with Gasteiger partial charge in [0.1, 0.15) is 5.82 Å². The second-order valence-electron chi connectivity index (χ2n) is 7.06. The minimum Gasteiger partial charge on any atom is -0.368 e. The van der Waals surface area contributed by atoms with E-state index in [1.807, 2.05) is 18.7 Å². The van der Waals surface area contributed by atoms with Crippen molar-refractivity contribution in [3.8, 4) is 0 Å². The molecule has 0 bridgehead atoms. The third-order valence-electron chi connectivity index (χ3n) is 5.23. The molecule has 1 aromatic carbocycles. The highest BCUT2D eigenvalue weighted by atomic mass is 19.1. The van der Waals surface area contributed by atoms with Gasteiger partial charge in [-0.25, -0.2) is 4.39 Å². The largest absolute Gasteiger partial charge is 0.368 e. The molecule has 25 heavy (non-hydrogen) atoms. The van der Waals surface area contributed by atoms with Crippen LogP contribution in [-0.4, -0.2) is 48.9 Å². The van der Waals surface area contributed by atoms with Crippen LogP contribution in [0.25, 0.3) is 0 Å². The first kappa shape index (κ1) is 17.7. The molecule has 1 aliphatic carbocycles. The lowest BCUT2D eigenvalue weighted by Crippen LogP contribution is -2.49. The van der Waals surface area contributed by atoms with Gasteiger partial charge in [0, 0.05) is 37.9 Å². The van der Waals surface area contributed by atoms with Gasteiger partial charge in [-0.1, -0.05) is 6.92 Å². The molecule has 5 nitrogen and oxygen atoms in total. The van der Waals surface area contributed by atoms with E-state index < -0.39 is 0 Å². The van der Waals surface area contributed by atoms with Crippen molar-refractivity contribution in [3.63, 3.8) is 0 Å². The predicted octanol–water partition coefficient (Wildman–Crippen LogP) is 2.03. The summed E-state index contributed by atoms with van der Waals surface area (Å²) in [6, 6.07) is 6.60. The zero-order valence-electron chi connectivity index (χ0n) is 14.9. The summed E-state index contributed by atoms with van der Waals surface area (Å²) in [6.45, 7) is 6.76. The smallest absolute Gasteiger partial charge is 0.226 e. The van der Waals surface area contributed by atoms with E-state index in [-0.39, 0.29) is 35.5 Å². The first-order valence-electron chi connectivity index (χ1n) is 9.09. The predicted molar refractivity (Wildman–Crippen MR) is 94.7 cm³/mol. The number of halogens is 1. The van der Waals surface area contributed by atoms with Crippen LogP contribution >= 0.6 is 0 Å². The maximum absolute atomic E-state index is 13.0.